The number of likely N-dealkylation sites (N-methyl/N-ethyl adjacent to an activating group) is 1. The molecule has 0 spiro atoms. The van der Waals surface area contributed by atoms with Crippen molar-refractivity contribution in [2.75, 3.05) is 20.1 Å². The van der Waals surface area contributed by atoms with Gasteiger partial charge < -0.3 is 10.5 Å². The number of hydrogen-bond donors (Lipinski definition) is 1. The smallest absolute Gasteiger partial charge is 0.0707 e. The van der Waals surface area contributed by atoms with E-state index in [1.54, 1.807) is 0 Å². The molecule has 4 heteroatoms. The molecule has 1 aromatic rings. The van der Waals surface area contributed by atoms with E-state index in [-0.39, 0.29) is 6.10 Å². The SMILES string of the molecule is CN(Cc1ccncc1)CC1CCC(CN)O1. The molecule has 2 N–H and O–H groups in total. The summed E-state index contributed by atoms with van der Waals surface area (Å²) in [5.41, 5.74) is 6.89. The van der Waals surface area contributed by atoms with E-state index in [0.717, 1.165) is 25.9 Å². The van der Waals surface area contributed by atoms with Crippen molar-refractivity contribution in [1.82, 2.24) is 9.88 Å². The van der Waals surface area contributed by atoms with Gasteiger partial charge in [-0.1, -0.05) is 0 Å². The number of aromatic nitrogens is 1. The van der Waals surface area contributed by atoms with E-state index in [4.69, 9.17) is 10.5 Å². The molecule has 0 aliphatic carbocycles. The Morgan fingerprint density at radius 3 is 2.71 bits per heavy atom. The lowest BCUT2D eigenvalue weighted by molar-refractivity contribution is 0.0306. The van der Waals surface area contributed by atoms with Crippen LogP contribution in [0.15, 0.2) is 24.5 Å². The first-order chi connectivity index (χ1) is 8.28. The highest BCUT2D eigenvalue weighted by Gasteiger charge is 2.24. The summed E-state index contributed by atoms with van der Waals surface area (Å²) in [6, 6.07) is 4.10. The Morgan fingerprint density at radius 1 is 1.35 bits per heavy atom. The van der Waals surface area contributed by atoms with Gasteiger partial charge >= 0.3 is 0 Å². The topological polar surface area (TPSA) is 51.4 Å². The van der Waals surface area contributed by atoms with Crippen LogP contribution in [0.3, 0.4) is 0 Å². The molecular weight excluding hydrogens is 214 g/mol. The Hall–Kier alpha value is -0.970. The van der Waals surface area contributed by atoms with Crippen LogP contribution >= 0.6 is 0 Å². The van der Waals surface area contributed by atoms with Crippen molar-refractivity contribution in [3.63, 3.8) is 0 Å². The molecule has 0 amide bonds. The first-order valence-electron chi connectivity index (χ1n) is 6.21. The van der Waals surface area contributed by atoms with Crippen LogP contribution in [0.5, 0.6) is 0 Å². The van der Waals surface area contributed by atoms with Gasteiger partial charge in [0.05, 0.1) is 12.2 Å². The second-order valence-electron chi connectivity index (χ2n) is 4.75. The number of pyridine rings is 1. The molecule has 0 saturated carbocycles. The van der Waals surface area contributed by atoms with Crippen LogP contribution in [0.25, 0.3) is 0 Å². The zero-order valence-electron chi connectivity index (χ0n) is 10.4. The third-order valence-electron chi connectivity index (χ3n) is 3.18. The predicted molar refractivity (Wildman–Crippen MR) is 67.5 cm³/mol. The monoisotopic (exact) mass is 235 g/mol. The summed E-state index contributed by atoms with van der Waals surface area (Å²) in [4.78, 5) is 6.31. The average molecular weight is 235 g/mol. The van der Waals surface area contributed by atoms with Gasteiger partial charge in [0, 0.05) is 32.0 Å². The minimum absolute atomic E-state index is 0.273. The van der Waals surface area contributed by atoms with Gasteiger partial charge in [0.2, 0.25) is 0 Å². The molecule has 1 aliphatic rings. The highest BCUT2D eigenvalue weighted by molar-refractivity contribution is 5.09. The van der Waals surface area contributed by atoms with Crippen molar-refractivity contribution in [2.45, 2.75) is 31.6 Å². The van der Waals surface area contributed by atoms with E-state index < -0.39 is 0 Å². The third kappa shape index (κ3) is 3.77. The van der Waals surface area contributed by atoms with Gasteiger partial charge in [-0.05, 0) is 37.6 Å². The summed E-state index contributed by atoms with van der Waals surface area (Å²) in [5.74, 6) is 0. The Bertz CT molecular complexity index is 331. The molecule has 0 aromatic carbocycles. The summed E-state index contributed by atoms with van der Waals surface area (Å²) in [7, 11) is 2.12. The van der Waals surface area contributed by atoms with Crippen molar-refractivity contribution in [3.8, 4) is 0 Å². The molecular formula is C13H21N3O. The van der Waals surface area contributed by atoms with E-state index in [1.165, 1.54) is 5.56 Å². The summed E-state index contributed by atoms with van der Waals surface area (Å²) >= 11 is 0. The molecule has 2 heterocycles. The summed E-state index contributed by atoms with van der Waals surface area (Å²) in [6.07, 6.45) is 6.51. The lowest BCUT2D eigenvalue weighted by atomic mass is 10.2. The second-order valence-corrected chi connectivity index (χ2v) is 4.75. The van der Waals surface area contributed by atoms with Crippen LogP contribution in [-0.4, -0.2) is 42.2 Å². The third-order valence-corrected chi connectivity index (χ3v) is 3.18. The molecule has 1 aromatic heterocycles. The Kier molecular flexibility index (Phi) is 4.48. The van der Waals surface area contributed by atoms with E-state index in [2.05, 4.69) is 29.1 Å². The van der Waals surface area contributed by atoms with E-state index in [1.807, 2.05) is 12.4 Å². The predicted octanol–water partition coefficient (Wildman–Crippen LogP) is 1.02. The van der Waals surface area contributed by atoms with Crippen molar-refractivity contribution < 1.29 is 4.74 Å². The summed E-state index contributed by atoms with van der Waals surface area (Å²) in [6.45, 7) is 2.55. The Morgan fingerprint density at radius 2 is 2.06 bits per heavy atom. The van der Waals surface area contributed by atoms with Crippen LogP contribution in [0.4, 0.5) is 0 Å². The van der Waals surface area contributed by atoms with Crippen LogP contribution in [0.2, 0.25) is 0 Å². The van der Waals surface area contributed by atoms with Crippen molar-refractivity contribution in [3.05, 3.63) is 30.1 Å². The van der Waals surface area contributed by atoms with Crippen LogP contribution in [0.1, 0.15) is 18.4 Å². The molecule has 2 unspecified atom stereocenters. The van der Waals surface area contributed by atoms with Gasteiger partial charge in [0.1, 0.15) is 0 Å². The number of rotatable bonds is 5. The molecule has 1 aliphatic heterocycles. The van der Waals surface area contributed by atoms with Crippen LogP contribution in [0, 0.1) is 0 Å². The largest absolute Gasteiger partial charge is 0.372 e. The molecule has 0 radical (unpaired) electrons. The molecule has 17 heavy (non-hydrogen) atoms. The second kappa shape index (κ2) is 6.10. The van der Waals surface area contributed by atoms with Gasteiger partial charge in [-0.25, -0.2) is 0 Å². The molecule has 2 atom stereocenters. The lowest BCUT2D eigenvalue weighted by Gasteiger charge is -2.21. The zero-order chi connectivity index (χ0) is 12.1. The quantitative estimate of drug-likeness (QED) is 0.828. The van der Waals surface area contributed by atoms with Gasteiger partial charge in [-0.2, -0.15) is 0 Å². The fourth-order valence-electron chi connectivity index (χ4n) is 2.30. The van der Waals surface area contributed by atoms with E-state index in [0.29, 0.717) is 12.6 Å². The van der Waals surface area contributed by atoms with Crippen LogP contribution in [-0.2, 0) is 11.3 Å². The van der Waals surface area contributed by atoms with Gasteiger partial charge in [-0.15, -0.1) is 0 Å². The molecule has 1 fully saturated rings. The van der Waals surface area contributed by atoms with E-state index >= 15 is 0 Å². The maximum Gasteiger partial charge on any atom is 0.0707 e. The minimum atomic E-state index is 0.273. The molecule has 4 nitrogen and oxygen atoms in total. The number of hydrogen-bond acceptors (Lipinski definition) is 4. The van der Waals surface area contributed by atoms with Gasteiger partial charge in [-0.3, -0.25) is 9.88 Å². The first-order valence-corrected chi connectivity index (χ1v) is 6.21. The number of ether oxygens (including phenoxy) is 1. The average Bonchev–Trinajstić information content (AvgIpc) is 2.78. The fraction of sp³-hybridized carbons (Fsp3) is 0.615. The zero-order valence-corrected chi connectivity index (χ0v) is 10.4. The standard InChI is InChI=1S/C13H21N3O/c1-16(9-11-4-6-15-7-5-11)10-13-3-2-12(8-14)17-13/h4-7,12-13H,2-3,8-10,14H2,1H3. The fourth-order valence-corrected chi connectivity index (χ4v) is 2.30. The minimum Gasteiger partial charge on any atom is -0.372 e. The first kappa shape index (κ1) is 12.5. The van der Waals surface area contributed by atoms with Gasteiger partial charge in [0.15, 0.2) is 0 Å². The highest BCUT2D eigenvalue weighted by atomic mass is 16.5. The van der Waals surface area contributed by atoms with Crippen LogP contribution < -0.4 is 5.73 Å². The molecule has 94 valence electrons. The maximum atomic E-state index is 5.84. The summed E-state index contributed by atoms with van der Waals surface area (Å²) < 4.78 is 5.84. The molecule has 2 rings (SSSR count). The lowest BCUT2D eigenvalue weighted by Crippen LogP contribution is -2.30. The normalized spacial score (nSPS) is 24.4. The molecule has 1 saturated heterocycles. The Balaban J connectivity index is 1.76. The van der Waals surface area contributed by atoms with Crippen molar-refractivity contribution in [1.29, 1.82) is 0 Å². The van der Waals surface area contributed by atoms with E-state index in [9.17, 15) is 0 Å². The number of nitrogens with two attached hydrogens (primary N) is 1. The highest BCUT2D eigenvalue weighted by Crippen LogP contribution is 2.19. The number of nitrogens with zero attached hydrogens (tertiary/aromatic N) is 2. The maximum absolute atomic E-state index is 5.84. The Labute approximate surface area is 103 Å². The van der Waals surface area contributed by atoms with Crippen molar-refractivity contribution >= 4 is 0 Å². The van der Waals surface area contributed by atoms with Crippen molar-refractivity contribution in [2.24, 2.45) is 5.73 Å². The molecule has 0 bridgehead atoms. The summed E-state index contributed by atoms with van der Waals surface area (Å²) in [5, 5.41) is 0. The van der Waals surface area contributed by atoms with Gasteiger partial charge in [0.25, 0.3) is 0 Å².